The molecule has 0 saturated heterocycles. The molecule has 1 aromatic carbocycles. The number of benzene rings is 1. The van der Waals surface area contributed by atoms with Gasteiger partial charge in [0.05, 0.1) is 22.5 Å². The SMILES string of the molecule is COCC(O)CNS(=O)(=O)c1cc([N+](=O)[O-])c(Cl)cc1C. The van der Waals surface area contributed by atoms with E-state index in [2.05, 4.69) is 9.46 Å². The molecule has 0 heterocycles. The lowest BCUT2D eigenvalue weighted by Crippen LogP contribution is -2.34. The number of nitro groups is 1. The largest absolute Gasteiger partial charge is 0.389 e. The number of hydrogen-bond donors (Lipinski definition) is 2. The molecular formula is C11H15ClN2O6S. The van der Waals surface area contributed by atoms with Crippen LogP contribution in [0.2, 0.25) is 5.02 Å². The third kappa shape index (κ3) is 4.61. The first-order valence-electron chi connectivity index (χ1n) is 5.80. The summed E-state index contributed by atoms with van der Waals surface area (Å²) in [5.41, 5.74) is -0.237. The Balaban J connectivity index is 3.08. The van der Waals surface area contributed by atoms with E-state index in [9.17, 15) is 23.6 Å². The molecule has 1 rings (SSSR count). The highest BCUT2D eigenvalue weighted by molar-refractivity contribution is 7.89. The van der Waals surface area contributed by atoms with Crippen LogP contribution in [-0.4, -0.2) is 44.8 Å². The number of halogens is 1. The molecule has 0 fully saturated rings. The fourth-order valence-corrected chi connectivity index (χ4v) is 3.21. The third-order valence-corrected chi connectivity index (χ3v) is 4.47. The molecule has 0 aliphatic carbocycles. The molecule has 1 aromatic rings. The summed E-state index contributed by atoms with van der Waals surface area (Å²) >= 11 is 5.70. The van der Waals surface area contributed by atoms with Crippen LogP contribution in [0.4, 0.5) is 5.69 Å². The zero-order valence-electron chi connectivity index (χ0n) is 11.4. The second-order valence-electron chi connectivity index (χ2n) is 4.29. The highest BCUT2D eigenvalue weighted by Gasteiger charge is 2.24. The van der Waals surface area contributed by atoms with E-state index in [0.29, 0.717) is 0 Å². The first kappa shape index (κ1) is 17.8. The Morgan fingerprint density at radius 1 is 1.52 bits per heavy atom. The number of nitrogens with one attached hydrogen (secondary N) is 1. The van der Waals surface area contributed by atoms with Crippen molar-refractivity contribution in [3.8, 4) is 0 Å². The highest BCUT2D eigenvalue weighted by Crippen LogP contribution is 2.29. The average molecular weight is 339 g/mol. The summed E-state index contributed by atoms with van der Waals surface area (Å²) in [5, 5.41) is 20.1. The quantitative estimate of drug-likeness (QED) is 0.561. The number of aliphatic hydroxyl groups is 1. The Labute approximate surface area is 126 Å². The van der Waals surface area contributed by atoms with Crippen molar-refractivity contribution in [1.29, 1.82) is 0 Å². The molecule has 118 valence electrons. The fourth-order valence-electron chi connectivity index (χ4n) is 1.61. The lowest BCUT2D eigenvalue weighted by atomic mass is 10.2. The molecule has 0 aliphatic rings. The molecule has 0 bridgehead atoms. The number of ether oxygens (including phenoxy) is 1. The Morgan fingerprint density at radius 3 is 2.67 bits per heavy atom. The molecule has 8 nitrogen and oxygen atoms in total. The normalized spacial score (nSPS) is 13.1. The Morgan fingerprint density at radius 2 is 2.14 bits per heavy atom. The molecule has 0 saturated carbocycles. The molecule has 0 spiro atoms. The number of rotatable bonds is 7. The summed E-state index contributed by atoms with van der Waals surface area (Å²) in [6, 6.07) is 2.10. The fraction of sp³-hybridized carbons (Fsp3) is 0.455. The van der Waals surface area contributed by atoms with Gasteiger partial charge in [-0.25, -0.2) is 13.1 Å². The van der Waals surface area contributed by atoms with E-state index in [1.54, 1.807) is 0 Å². The predicted octanol–water partition coefficient (Wildman–Crippen LogP) is 0.842. The highest BCUT2D eigenvalue weighted by atomic mass is 35.5. The van der Waals surface area contributed by atoms with Gasteiger partial charge < -0.3 is 9.84 Å². The second kappa shape index (κ2) is 7.14. The number of nitrogens with zero attached hydrogens (tertiary/aromatic N) is 1. The Hall–Kier alpha value is -1.26. The van der Waals surface area contributed by atoms with Gasteiger partial charge in [-0.3, -0.25) is 10.1 Å². The van der Waals surface area contributed by atoms with Crippen LogP contribution in [0.15, 0.2) is 17.0 Å². The maximum atomic E-state index is 12.1. The summed E-state index contributed by atoms with van der Waals surface area (Å²) in [4.78, 5) is 9.79. The topological polar surface area (TPSA) is 119 Å². The monoisotopic (exact) mass is 338 g/mol. The van der Waals surface area contributed by atoms with Crippen molar-refractivity contribution in [2.24, 2.45) is 0 Å². The Kier molecular flexibility index (Phi) is 6.05. The molecule has 21 heavy (non-hydrogen) atoms. The van der Waals surface area contributed by atoms with Gasteiger partial charge in [-0.2, -0.15) is 0 Å². The minimum atomic E-state index is -4.01. The summed E-state index contributed by atoms with van der Waals surface area (Å²) in [7, 11) is -2.64. The van der Waals surface area contributed by atoms with Crippen molar-refractivity contribution in [1.82, 2.24) is 4.72 Å². The van der Waals surface area contributed by atoms with Gasteiger partial charge in [0.1, 0.15) is 5.02 Å². The molecule has 0 amide bonds. The van der Waals surface area contributed by atoms with Crippen LogP contribution >= 0.6 is 11.6 Å². The zero-order chi connectivity index (χ0) is 16.2. The average Bonchev–Trinajstić information content (AvgIpc) is 2.36. The Bertz CT molecular complexity index is 634. The molecule has 10 heteroatoms. The smallest absolute Gasteiger partial charge is 0.289 e. The van der Waals surface area contributed by atoms with E-state index in [4.69, 9.17) is 11.6 Å². The number of aliphatic hydroxyl groups excluding tert-OH is 1. The first-order chi connectivity index (χ1) is 9.69. The minimum Gasteiger partial charge on any atom is -0.389 e. The molecule has 1 unspecified atom stereocenters. The van der Waals surface area contributed by atoms with E-state index < -0.39 is 26.7 Å². The van der Waals surface area contributed by atoms with Crippen LogP contribution in [0.25, 0.3) is 0 Å². The zero-order valence-corrected chi connectivity index (χ0v) is 12.9. The lowest BCUT2D eigenvalue weighted by molar-refractivity contribution is -0.384. The first-order valence-corrected chi connectivity index (χ1v) is 7.66. The van der Waals surface area contributed by atoms with Crippen molar-refractivity contribution in [2.45, 2.75) is 17.9 Å². The van der Waals surface area contributed by atoms with Gasteiger partial charge in [0.25, 0.3) is 5.69 Å². The van der Waals surface area contributed by atoms with E-state index in [1.807, 2.05) is 0 Å². The van der Waals surface area contributed by atoms with Gasteiger partial charge in [0.2, 0.25) is 10.0 Å². The number of methoxy groups -OCH3 is 1. The van der Waals surface area contributed by atoms with Crippen molar-refractivity contribution in [2.75, 3.05) is 20.3 Å². The van der Waals surface area contributed by atoms with Crippen molar-refractivity contribution < 1.29 is 23.2 Å². The number of sulfonamides is 1. The molecule has 2 N–H and O–H groups in total. The number of aryl methyl sites for hydroxylation is 1. The van der Waals surface area contributed by atoms with E-state index in [0.717, 1.165) is 6.07 Å². The summed E-state index contributed by atoms with van der Waals surface area (Å²) in [6.07, 6.45) is -1.02. The van der Waals surface area contributed by atoms with Crippen LogP contribution in [0.3, 0.4) is 0 Å². The maximum Gasteiger partial charge on any atom is 0.289 e. The molecule has 0 aromatic heterocycles. The maximum absolute atomic E-state index is 12.1. The summed E-state index contributed by atoms with van der Waals surface area (Å²) in [5.74, 6) is 0. The molecule has 0 aliphatic heterocycles. The number of nitro benzene ring substituents is 1. The van der Waals surface area contributed by atoms with Crippen molar-refractivity contribution in [3.05, 3.63) is 32.8 Å². The van der Waals surface area contributed by atoms with Gasteiger partial charge in [-0.1, -0.05) is 11.6 Å². The molecule has 1 atom stereocenters. The van der Waals surface area contributed by atoms with E-state index >= 15 is 0 Å². The van der Waals surface area contributed by atoms with Gasteiger partial charge in [-0.05, 0) is 18.6 Å². The standard InChI is InChI=1S/C11H15ClN2O6S/c1-7-3-9(12)10(14(16)17)4-11(7)21(18,19)13-5-8(15)6-20-2/h3-4,8,13,15H,5-6H2,1-2H3. The predicted molar refractivity (Wildman–Crippen MR) is 75.9 cm³/mol. The number of hydrogen-bond acceptors (Lipinski definition) is 6. The third-order valence-electron chi connectivity index (χ3n) is 2.60. The van der Waals surface area contributed by atoms with Crippen molar-refractivity contribution in [3.63, 3.8) is 0 Å². The summed E-state index contributed by atoms with van der Waals surface area (Å²) < 4.78 is 31.1. The van der Waals surface area contributed by atoms with E-state index in [1.165, 1.54) is 20.1 Å². The minimum absolute atomic E-state index is 0.0394. The van der Waals surface area contributed by atoms with Crippen LogP contribution in [0, 0.1) is 17.0 Å². The van der Waals surface area contributed by atoms with Gasteiger partial charge in [0.15, 0.2) is 0 Å². The van der Waals surface area contributed by atoms with Gasteiger partial charge >= 0.3 is 0 Å². The van der Waals surface area contributed by atoms with Gasteiger partial charge in [0, 0.05) is 19.7 Å². The van der Waals surface area contributed by atoms with Crippen LogP contribution in [0.5, 0.6) is 0 Å². The molecule has 0 radical (unpaired) electrons. The van der Waals surface area contributed by atoms with Crippen molar-refractivity contribution >= 4 is 27.3 Å². The van der Waals surface area contributed by atoms with Crippen LogP contribution < -0.4 is 4.72 Å². The second-order valence-corrected chi connectivity index (χ2v) is 6.43. The van der Waals surface area contributed by atoms with E-state index in [-0.39, 0.29) is 28.6 Å². The van der Waals surface area contributed by atoms with Crippen LogP contribution in [0.1, 0.15) is 5.56 Å². The molecular weight excluding hydrogens is 324 g/mol. The lowest BCUT2D eigenvalue weighted by Gasteiger charge is -2.13. The van der Waals surface area contributed by atoms with Crippen LogP contribution in [-0.2, 0) is 14.8 Å². The summed E-state index contributed by atoms with van der Waals surface area (Å²) in [6.45, 7) is 1.16. The van der Waals surface area contributed by atoms with Gasteiger partial charge in [-0.15, -0.1) is 0 Å².